The lowest BCUT2D eigenvalue weighted by Crippen LogP contribution is -2.48. The Balaban J connectivity index is 1.77. The van der Waals surface area contributed by atoms with E-state index >= 15 is 0 Å². The van der Waals surface area contributed by atoms with Crippen LogP contribution in [-0.4, -0.2) is 39.0 Å². The lowest BCUT2D eigenvalue weighted by atomic mass is 10.1. The van der Waals surface area contributed by atoms with Gasteiger partial charge in [0.1, 0.15) is 5.75 Å². The monoisotopic (exact) mass is 375 g/mol. The fourth-order valence-corrected chi connectivity index (χ4v) is 4.87. The molecular weight excluding hydrogens is 350 g/mol. The van der Waals surface area contributed by atoms with E-state index in [4.69, 9.17) is 9.47 Å². The van der Waals surface area contributed by atoms with Crippen LogP contribution in [0.15, 0.2) is 48.5 Å². The zero-order valence-electron chi connectivity index (χ0n) is 15.4. The molecule has 2 unspecified atom stereocenters. The normalized spacial score (nSPS) is 21.5. The number of sulfonamides is 1. The van der Waals surface area contributed by atoms with E-state index in [1.54, 1.807) is 11.4 Å². The minimum atomic E-state index is -3.42. The molecule has 0 bridgehead atoms. The SMILES string of the molecule is COc1ccc(C2CN(S(=O)(=O)Cc3ccc(C)cc3)C(C)CO2)cc1. The number of hydrogen-bond donors (Lipinski definition) is 0. The summed E-state index contributed by atoms with van der Waals surface area (Å²) in [5, 5.41) is 0. The van der Waals surface area contributed by atoms with Crippen molar-refractivity contribution in [3.8, 4) is 5.75 Å². The minimum Gasteiger partial charge on any atom is -0.497 e. The molecule has 2 atom stereocenters. The van der Waals surface area contributed by atoms with Gasteiger partial charge in [0.2, 0.25) is 10.0 Å². The molecule has 1 fully saturated rings. The minimum absolute atomic E-state index is 0.00690. The van der Waals surface area contributed by atoms with Gasteiger partial charge in [0, 0.05) is 12.6 Å². The number of aryl methyl sites for hydroxylation is 1. The maximum Gasteiger partial charge on any atom is 0.218 e. The van der Waals surface area contributed by atoms with Crippen molar-refractivity contribution in [1.82, 2.24) is 4.31 Å². The Morgan fingerprint density at radius 3 is 2.38 bits per heavy atom. The Kier molecular flexibility index (Phi) is 5.65. The third-order valence-corrected chi connectivity index (χ3v) is 6.61. The zero-order chi connectivity index (χ0) is 18.7. The number of rotatable bonds is 5. The third-order valence-electron chi connectivity index (χ3n) is 4.69. The molecule has 1 aliphatic heterocycles. The van der Waals surface area contributed by atoms with Gasteiger partial charge in [-0.2, -0.15) is 4.31 Å². The van der Waals surface area contributed by atoms with Crippen LogP contribution in [0.2, 0.25) is 0 Å². The van der Waals surface area contributed by atoms with Crippen LogP contribution in [0.1, 0.15) is 29.7 Å². The van der Waals surface area contributed by atoms with Crippen LogP contribution in [0.3, 0.4) is 0 Å². The molecule has 1 heterocycles. The number of ether oxygens (including phenoxy) is 2. The second kappa shape index (κ2) is 7.78. The highest BCUT2D eigenvalue weighted by Crippen LogP contribution is 2.29. The molecule has 0 aromatic heterocycles. The zero-order valence-corrected chi connectivity index (χ0v) is 16.2. The molecule has 5 nitrogen and oxygen atoms in total. The van der Waals surface area contributed by atoms with Crippen molar-refractivity contribution in [1.29, 1.82) is 0 Å². The van der Waals surface area contributed by atoms with Crippen molar-refractivity contribution in [3.63, 3.8) is 0 Å². The molecule has 3 rings (SSSR count). The molecule has 1 saturated heterocycles. The lowest BCUT2D eigenvalue weighted by Gasteiger charge is -2.37. The third kappa shape index (κ3) is 4.26. The van der Waals surface area contributed by atoms with Gasteiger partial charge in [-0.1, -0.05) is 42.0 Å². The number of morpholine rings is 1. The van der Waals surface area contributed by atoms with E-state index in [0.717, 1.165) is 22.4 Å². The van der Waals surface area contributed by atoms with Crippen molar-refractivity contribution in [2.24, 2.45) is 0 Å². The summed E-state index contributed by atoms with van der Waals surface area (Å²) < 4.78 is 38.6. The van der Waals surface area contributed by atoms with E-state index in [1.165, 1.54) is 0 Å². The molecule has 0 amide bonds. The first-order valence-electron chi connectivity index (χ1n) is 8.69. The summed E-state index contributed by atoms with van der Waals surface area (Å²) in [6, 6.07) is 15.0. The van der Waals surface area contributed by atoms with Crippen LogP contribution in [-0.2, 0) is 20.5 Å². The quantitative estimate of drug-likeness (QED) is 0.805. The second-order valence-corrected chi connectivity index (χ2v) is 8.68. The van der Waals surface area contributed by atoms with Gasteiger partial charge < -0.3 is 9.47 Å². The molecule has 6 heteroatoms. The molecular formula is C20H25NO4S. The van der Waals surface area contributed by atoms with E-state index in [2.05, 4.69) is 0 Å². The average molecular weight is 375 g/mol. The Morgan fingerprint density at radius 2 is 1.77 bits per heavy atom. The molecule has 140 valence electrons. The predicted octanol–water partition coefficient (Wildman–Crippen LogP) is 3.30. The van der Waals surface area contributed by atoms with Gasteiger partial charge in [-0.15, -0.1) is 0 Å². The van der Waals surface area contributed by atoms with Crippen molar-refractivity contribution in [3.05, 3.63) is 65.2 Å². The maximum absolute atomic E-state index is 13.0. The molecule has 2 aromatic carbocycles. The summed E-state index contributed by atoms with van der Waals surface area (Å²) in [5.41, 5.74) is 2.87. The molecule has 0 saturated carbocycles. The standard InChI is InChI=1S/C20H25NO4S/c1-15-4-6-17(7-5-15)14-26(22,23)21-12-20(25-13-16(21)2)18-8-10-19(24-3)11-9-18/h4-11,16,20H,12-14H2,1-3H3. The van der Waals surface area contributed by atoms with E-state index in [-0.39, 0.29) is 17.9 Å². The van der Waals surface area contributed by atoms with Gasteiger partial charge in [-0.25, -0.2) is 8.42 Å². The number of hydrogen-bond acceptors (Lipinski definition) is 4. The van der Waals surface area contributed by atoms with Crippen LogP contribution in [0, 0.1) is 6.92 Å². The highest BCUT2D eigenvalue weighted by Gasteiger charge is 2.35. The molecule has 0 aliphatic carbocycles. The van der Waals surface area contributed by atoms with Crippen molar-refractivity contribution >= 4 is 10.0 Å². The van der Waals surface area contributed by atoms with Crippen LogP contribution >= 0.6 is 0 Å². The van der Waals surface area contributed by atoms with E-state index in [1.807, 2.05) is 62.4 Å². The Labute approximate surface area is 155 Å². The van der Waals surface area contributed by atoms with Crippen molar-refractivity contribution < 1.29 is 17.9 Å². The molecule has 2 aromatic rings. The van der Waals surface area contributed by atoms with Gasteiger partial charge in [0.15, 0.2) is 0 Å². The lowest BCUT2D eigenvalue weighted by molar-refractivity contribution is -0.0289. The van der Waals surface area contributed by atoms with Gasteiger partial charge in [0.25, 0.3) is 0 Å². The largest absolute Gasteiger partial charge is 0.497 e. The van der Waals surface area contributed by atoms with Gasteiger partial charge in [-0.3, -0.25) is 0 Å². The summed E-state index contributed by atoms with van der Waals surface area (Å²) in [6.45, 7) is 4.57. The number of methoxy groups -OCH3 is 1. The molecule has 0 N–H and O–H groups in total. The van der Waals surface area contributed by atoms with Crippen LogP contribution in [0.4, 0.5) is 0 Å². The first kappa shape index (κ1) is 18.9. The van der Waals surface area contributed by atoms with Crippen LogP contribution < -0.4 is 4.74 Å². The average Bonchev–Trinajstić information content (AvgIpc) is 2.64. The maximum atomic E-state index is 13.0. The highest BCUT2D eigenvalue weighted by molar-refractivity contribution is 7.88. The second-order valence-electron chi connectivity index (χ2n) is 6.76. The Hall–Kier alpha value is -1.89. The summed E-state index contributed by atoms with van der Waals surface area (Å²) >= 11 is 0. The summed E-state index contributed by atoms with van der Waals surface area (Å²) in [4.78, 5) is 0. The summed E-state index contributed by atoms with van der Waals surface area (Å²) in [6.07, 6.45) is -0.273. The van der Waals surface area contributed by atoms with Gasteiger partial charge in [-0.05, 0) is 37.1 Å². The Bertz CT molecular complexity index is 831. The smallest absolute Gasteiger partial charge is 0.218 e. The molecule has 26 heavy (non-hydrogen) atoms. The predicted molar refractivity (Wildman–Crippen MR) is 102 cm³/mol. The first-order chi connectivity index (χ1) is 12.4. The van der Waals surface area contributed by atoms with Crippen LogP contribution in [0.25, 0.3) is 0 Å². The summed E-state index contributed by atoms with van der Waals surface area (Å²) in [5.74, 6) is 0.772. The van der Waals surface area contributed by atoms with Crippen molar-refractivity contribution in [2.75, 3.05) is 20.3 Å². The fourth-order valence-electron chi connectivity index (χ4n) is 3.12. The Morgan fingerprint density at radius 1 is 1.12 bits per heavy atom. The van der Waals surface area contributed by atoms with Crippen molar-refractivity contribution in [2.45, 2.75) is 31.7 Å². The highest BCUT2D eigenvalue weighted by atomic mass is 32.2. The van der Waals surface area contributed by atoms with E-state index in [0.29, 0.717) is 13.2 Å². The first-order valence-corrected chi connectivity index (χ1v) is 10.3. The number of nitrogens with zero attached hydrogens (tertiary/aromatic N) is 1. The molecule has 0 radical (unpaired) electrons. The van der Waals surface area contributed by atoms with Gasteiger partial charge in [0.05, 0.1) is 25.6 Å². The topological polar surface area (TPSA) is 55.8 Å². The van der Waals surface area contributed by atoms with Crippen LogP contribution in [0.5, 0.6) is 5.75 Å². The summed E-state index contributed by atoms with van der Waals surface area (Å²) in [7, 11) is -1.81. The molecule has 0 spiro atoms. The van der Waals surface area contributed by atoms with E-state index in [9.17, 15) is 8.42 Å². The molecule has 1 aliphatic rings. The van der Waals surface area contributed by atoms with Gasteiger partial charge >= 0.3 is 0 Å². The van der Waals surface area contributed by atoms with E-state index < -0.39 is 10.0 Å². The fraction of sp³-hybridized carbons (Fsp3) is 0.400. The number of benzene rings is 2.